The second kappa shape index (κ2) is 7.51. The van der Waals surface area contributed by atoms with Gasteiger partial charge in [0.1, 0.15) is 0 Å². The van der Waals surface area contributed by atoms with Crippen LogP contribution in [-0.2, 0) is 11.3 Å². The topological polar surface area (TPSA) is 116 Å². The van der Waals surface area contributed by atoms with Crippen LogP contribution in [0.5, 0.6) is 0 Å². The van der Waals surface area contributed by atoms with E-state index in [2.05, 4.69) is 17.0 Å². The number of Topliss-reactive ketones (excluding diaryl/α,β-unsaturated/α-hetero) is 1. The van der Waals surface area contributed by atoms with Crippen molar-refractivity contribution in [1.82, 2.24) is 0 Å². The van der Waals surface area contributed by atoms with Gasteiger partial charge >= 0.3 is 0 Å². The van der Waals surface area contributed by atoms with Crippen LogP contribution in [0.1, 0.15) is 19.8 Å². The van der Waals surface area contributed by atoms with Crippen molar-refractivity contribution in [2.45, 2.75) is 26.3 Å². The van der Waals surface area contributed by atoms with Crippen LogP contribution >= 0.6 is 0 Å². The first-order chi connectivity index (χ1) is 9.25. The minimum absolute atomic E-state index is 0.189. The van der Waals surface area contributed by atoms with E-state index >= 15 is 0 Å². The molecule has 1 aromatic heterocycles. The van der Waals surface area contributed by atoms with E-state index in [0.717, 1.165) is 13.1 Å². The summed E-state index contributed by atoms with van der Waals surface area (Å²) in [5.74, 6) is 0.189. The van der Waals surface area contributed by atoms with Crippen molar-refractivity contribution in [3.05, 3.63) is 24.5 Å². The van der Waals surface area contributed by atoms with Crippen LogP contribution in [0.2, 0.25) is 0 Å². The summed E-state index contributed by atoms with van der Waals surface area (Å²) in [5.41, 5.74) is 1.27. The molecule has 2 heterocycles. The molecule has 7 nitrogen and oxygen atoms in total. The second-order valence-electron chi connectivity index (χ2n) is 4.50. The van der Waals surface area contributed by atoms with Gasteiger partial charge in [-0.25, -0.2) is 18.6 Å². The number of halogens is 1. The van der Waals surface area contributed by atoms with Gasteiger partial charge in [-0.2, -0.15) is 4.57 Å². The fraction of sp³-hybridized carbons (Fsp3) is 0.500. The van der Waals surface area contributed by atoms with Crippen molar-refractivity contribution in [3.8, 4) is 0 Å². The lowest BCUT2D eigenvalue weighted by molar-refractivity contribution is -2.00. The molecule has 112 valence electrons. The van der Waals surface area contributed by atoms with Crippen molar-refractivity contribution in [2.75, 3.05) is 18.0 Å². The third kappa shape index (κ3) is 7.37. The Kier molecular flexibility index (Phi) is 6.31. The van der Waals surface area contributed by atoms with Crippen molar-refractivity contribution >= 4 is 11.5 Å². The molecule has 1 aromatic rings. The molecule has 1 aliphatic heterocycles. The predicted octanol–water partition coefficient (Wildman–Crippen LogP) is -3.59. The van der Waals surface area contributed by atoms with Crippen LogP contribution in [0, 0.1) is 10.2 Å². The molecule has 0 atom stereocenters. The molecule has 2 rings (SSSR count). The van der Waals surface area contributed by atoms with Crippen LogP contribution in [0.4, 0.5) is 5.69 Å². The Morgan fingerprint density at radius 1 is 1.20 bits per heavy atom. The summed E-state index contributed by atoms with van der Waals surface area (Å²) in [6.45, 7) is 4.41. The highest BCUT2D eigenvalue weighted by Gasteiger charge is 2.13. The van der Waals surface area contributed by atoms with Crippen molar-refractivity contribution in [3.63, 3.8) is 0 Å². The van der Waals surface area contributed by atoms with Crippen LogP contribution in [0.3, 0.4) is 0 Å². The molecule has 0 saturated carbocycles. The normalized spacial score (nSPS) is 14.8. The van der Waals surface area contributed by atoms with Gasteiger partial charge in [-0.05, 0) is 12.8 Å². The van der Waals surface area contributed by atoms with Crippen LogP contribution in [-0.4, -0.2) is 18.9 Å². The Morgan fingerprint density at radius 3 is 2.05 bits per heavy atom. The molecule has 20 heavy (non-hydrogen) atoms. The Bertz CT molecular complexity index is 420. The molecule has 1 fully saturated rings. The highest BCUT2D eigenvalue weighted by molar-refractivity contribution is 5.73. The molecular formula is C12H17ClN2O5. The Labute approximate surface area is 119 Å². The highest BCUT2D eigenvalue weighted by atomic mass is 35.7. The van der Waals surface area contributed by atoms with Crippen molar-refractivity contribution in [2.24, 2.45) is 0 Å². The molecule has 0 aliphatic carbocycles. The average molecular weight is 305 g/mol. The largest absolute Gasteiger partial charge is 0.371 e. The molecule has 0 spiro atoms. The number of anilines is 1. The summed E-state index contributed by atoms with van der Waals surface area (Å²) in [5, 5.41) is 0. The third-order valence-corrected chi connectivity index (χ3v) is 2.75. The quantitative estimate of drug-likeness (QED) is 0.533. The van der Waals surface area contributed by atoms with E-state index < -0.39 is 10.2 Å². The number of rotatable bonds is 3. The van der Waals surface area contributed by atoms with Gasteiger partial charge in [0.05, 0.1) is 0 Å². The van der Waals surface area contributed by atoms with E-state index in [-0.39, 0.29) is 5.78 Å². The molecule has 0 radical (unpaired) electrons. The van der Waals surface area contributed by atoms with Crippen LogP contribution in [0.25, 0.3) is 0 Å². The van der Waals surface area contributed by atoms with Crippen molar-refractivity contribution < 1.29 is 38.2 Å². The summed E-state index contributed by atoms with van der Waals surface area (Å²) in [6.07, 6.45) is 6.55. The molecule has 0 N–H and O–H groups in total. The van der Waals surface area contributed by atoms with Gasteiger partial charge in [0.25, 0.3) is 0 Å². The number of carbonyl (C=O) groups is 1. The maximum atomic E-state index is 10.9. The number of nitrogens with zero attached hydrogens (tertiary/aromatic N) is 2. The van der Waals surface area contributed by atoms with Gasteiger partial charge in [0, 0.05) is 37.8 Å². The SMILES string of the molecule is CC(=O)C[n+]1ccc(N2CCCC2)cc1.[O-][Cl+3]([O-])([O-])[O-]. The Hall–Kier alpha value is -1.25. The number of carbonyl (C=O) groups excluding carboxylic acids is 1. The standard InChI is InChI=1S/C12H17N2O.ClHO4/c1-11(15)10-13-8-4-12(5-9-13)14-6-2-3-7-14;2-1(3,4)5/h4-5,8-9H,2-3,6-7,10H2,1H3;(H,2,3,4,5)/q+1;/p-1. The zero-order valence-corrected chi connectivity index (χ0v) is 11.9. The van der Waals surface area contributed by atoms with Crippen LogP contribution < -0.4 is 28.1 Å². The molecule has 1 saturated heterocycles. The predicted molar refractivity (Wildman–Crippen MR) is 58.8 cm³/mol. The fourth-order valence-corrected chi connectivity index (χ4v) is 2.00. The molecular weight excluding hydrogens is 288 g/mol. The summed E-state index contributed by atoms with van der Waals surface area (Å²) in [6, 6.07) is 4.18. The van der Waals surface area contributed by atoms with Gasteiger partial charge in [-0.1, -0.05) is 0 Å². The van der Waals surface area contributed by atoms with E-state index in [1.165, 1.54) is 18.5 Å². The number of pyridine rings is 1. The first kappa shape index (κ1) is 16.8. The number of hydrogen-bond acceptors (Lipinski definition) is 6. The number of hydrogen-bond donors (Lipinski definition) is 0. The van der Waals surface area contributed by atoms with E-state index in [0.29, 0.717) is 6.54 Å². The zero-order chi connectivity index (χ0) is 15.2. The molecule has 1 aliphatic rings. The van der Waals surface area contributed by atoms with Gasteiger partial charge in [-0.15, -0.1) is 10.2 Å². The second-order valence-corrected chi connectivity index (χ2v) is 5.26. The summed E-state index contributed by atoms with van der Waals surface area (Å²) in [7, 11) is -4.94. The van der Waals surface area contributed by atoms with Crippen molar-refractivity contribution in [1.29, 1.82) is 0 Å². The lowest BCUT2D eigenvalue weighted by Gasteiger charge is -2.17. The smallest absolute Gasteiger partial charge is 0.206 e. The fourth-order valence-electron chi connectivity index (χ4n) is 2.00. The van der Waals surface area contributed by atoms with Crippen LogP contribution in [0.15, 0.2) is 24.5 Å². The monoisotopic (exact) mass is 304 g/mol. The molecule has 0 bridgehead atoms. The maximum absolute atomic E-state index is 10.9. The summed E-state index contributed by atoms with van der Waals surface area (Å²) < 4.78 is 35.9. The van der Waals surface area contributed by atoms with Gasteiger partial charge in [0.2, 0.25) is 6.54 Å². The van der Waals surface area contributed by atoms with Gasteiger partial charge in [-0.3, -0.25) is 4.79 Å². The molecule has 0 unspecified atom stereocenters. The highest BCUT2D eigenvalue weighted by Crippen LogP contribution is 2.17. The Morgan fingerprint density at radius 2 is 1.65 bits per heavy atom. The third-order valence-electron chi connectivity index (χ3n) is 2.75. The minimum Gasteiger partial charge on any atom is -0.371 e. The molecule has 0 amide bonds. The lowest BCUT2D eigenvalue weighted by atomic mass is 10.3. The number of ketones is 1. The summed E-state index contributed by atoms with van der Waals surface area (Å²) in [4.78, 5) is 13.3. The van der Waals surface area contributed by atoms with E-state index in [1.807, 2.05) is 17.0 Å². The van der Waals surface area contributed by atoms with Gasteiger partial charge in [0.15, 0.2) is 18.2 Å². The maximum Gasteiger partial charge on any atom is 0.206 e. The molecule has 0 aromatic carbocycles. The first-order valence-electron chi connectivity index (χ1n) is 6.11. The lowest BCUT2D eigenvalue weighted by Crippen LogP contribution is -2.68. The van der Waals surface area contributed by atoms with E-state index in [9.17, 15) is 4.79 Å². The summed E-state index contributed by atoms with van der Waals surface area (Å²) >= 11 is 0. The number of aromatic nitrogens is 1. The van der Waals surface area contributed by atoms with E-state index in [4.69, 9.17) is 18.6 Å². The Balaban J connectivity index is 0.000000347. The minimum atomic E-state index is -4.94. The first-order valence-corrected chi connectivity index (χ1v) is 7.34. The zero-order valence-electron chi connectivity index (χ0n) is 11.2. The average Bonchev–Trinajstić information content (AvgIpc) is 2.80. The molecule has 8 heteroatoms. The van der Waals surface area contributed by atoms with Gasteiger partial charge < -0.3 is 4.90 Å². The van der Waals surface area contributed by atoms with E-state index in [1.54, 1.807) is 6.92 Å².